The lowest BCUT2D eigenvalue weighted by Crippen LogP contribution is -2.49. The Morgan fingerprint density at radius 2 is 2.14 bits per heavy atom. The molecule has 1 aliphatic carbocycles. The molecule has 2 rings (SSSR count). The van der Waals surface area contributed by atoms with Crippen LogP contribution in [0.5, 0.6) is 0 Å². The molecule has 116 valence electrons. The fourth-order valence-corrected chi connectivity index (χ4v) is 2.42. The Balaban J connectivity index is 2.14. The molecule has 0 unspecified atom stereocenters. The van der Waals surface area contributed by atoms with Gasteiger partial charge in [0.05, 0.1) is 6.54 Å². The van der Waals surface area contributed by atoms with Crippen LogP contribution in [0.25, 0.3) is 0 Å². The van der Waals surface area contributed by atoms with Crippen LogP contribution in [0.3, 0.4) is 0 Å². The van der Waals surface area contributed by atoms with Crippen molar-refractivity contribution < 1.29 is 4.79 Å². The molecule has 1 amide bonds. The molecule has 4 nitrogen and oxygen atoms in total. The zero-order chi connectivity index (χ0) is 15.6. The summed E-state index contributed by atoms with van der Waals surface area (Å²) in [5.41, 5.74) is 1.14. The molecule has 0 radical (unpaired) electrons. The van der Waals surface area contributed by atoms with Crippen LogP contribution < -0.4 is 0 Å². The number of nitrogens with zero attached hydrogens (tertiary/aromatic N) is 3. The molecule has 0 saturated heterocycles. The average molecular weight is 289 g/mol. The van der Waals surface area contributed by atoms with Gasteiger partial charge in [0.25, 0.3) is 0 Å². The lowest BCUT2D eigenvalue weighted by Gasteiger charge is -2.37. The van der Waals surface area contributed by atoms with Crippen molar-refractivity contribution in [3.63, 3.8) is 0 Å². The minimum Gasteiger partial charge on any atom is -0.347 e. The van der Waals surface area contributed by atoms with E-state index in [0.717, 1.165) is 0 Å². The van der Waals surface area contributed by atoms with Gasteiger partial charge in [0.15, 0.2) is 0 Å². The van der Waals surface area contributed by atoms with Gasteiger partial charge in [0, 0.05) is 30.0 Å². The summed E-state index contributed by atoms with van der Waals surface area (Å²) in [5.74, 6) is -0.00604. The van der Waals surface area contributed by atoms with Gasteiger partial charge in [-0.25, -0.2) is 0 Å². The van der Waals surface area contributed by atoms with Crippen LogP contribution in [0.1, 0.15) is 38.4 Å². The van der Waals surface area contributed by atoms with Crippen molar-refractivity contribution in [2.45, 2.75) is 44.8 Å². The van der Waals surface area contributed by atoms with E-state index in [1.807, 2.05) is 19.0 Å². The Kier molecular flexibility index (Phi) is 4.57. The van der Waals surface area contributed by atoms with E-state index >= 15 is 0 Å². The predicted octanol–water partition coefficient (Wildman–Crippen LogP) is 2.68. The van der Waals surface area contributed by atoms with Crippen molar-refractivity contribution in [3.8, 4) is 0 Å². The first kappa shape index (κ1) is 15.8. The standard InChI is InChI=1S/C17H27N3O/c1-6-16(21)19(13-17(2,3)18(4)5)12-15-8-7-11-20(15)14-9-10-14/h6-8,11,14H,1,9-10,12-13H2,2-5H3. The summed E-state index contributed by atoms with van der Waals surface area (Å²) in [5, 5.41) is 0. The van der Waals surface area contributed by atoms with Crippen LogP contribution in [0.2, 0.25) is 0 Å². The van der Waals surface area contributed by atoms with Gasteiger partial charge in [-0.05, 0) is 59.0 Å². The van der Waals surface area contributed by atoms with Crippen LogP contribution in [-0.2, 0) is 11.3 Å². The van der Waals surface area contributed by atoms with Gasteiger partial charge in [-0.2, -0.15) is 0 Å². The molecule has 0 aromatic carbocycles. The third-order valence-corrected chi connectivity index (χ3v) is 4.43. The Labute approximate surface area is 128 Å². The molecular formula is C17H27N3O. The van der Waals surface area contributed by atoms with Crippen LogP contribution in [0.4, 0.5) is 0 Å². The SMILES string of the molecule is C=CC(=O)N(Cc1cccn1C1CC1)CC(C)(C)N(C)C. The highest BCUT2D eigenvalue weighted by atomic mass is 16.2. The van der Waals surface area contributed by atoms with Gasteiger partial charge in [0.2, 0.25) is 5.91 Å². The van der Waals surface area contributed by atoms with E-state index < -0.39 is 0 Å². The molecule has 0 atom stereocenters. The summed E-state index contributed by atoms with van der Waals surface area (Å²) in [6, 6.07) is 4.82. The first-order valence-electron chi connectivity index (χ1n) is 7.59. The van der Waals surface area contributed by atoms with E-state index in [1.54, 1.807) is 0 Å². The van der Waals surface area contributed by atoms with E-state index in [9.17, 15) is 4.79 Å². The average Bonchev–Trinajstić information content (AvgIpc) is 3.17. The van der Waals surface area contributed by atoms with Crippen molar-refractivity contribution in [3.05, 3.63) is 36.7 Å². The third kappa shape index (κ3) is 3.76. The molecule has 1 aromatic rings. The minimum atomic E-state index is -0.0737. The zero-order valence-electron chi connectivity index (χ0n) is 13.7. The molecule has 1 fully saturated rings. The molecule has 0 N–H and O–H groups in total. The fourth-order valence-electron chi connectivity index (χ4n) is 2.42. The van der Waals surface area contributed by atoms with Gasteiger partial charge >= 0.3 is 0 Å². The fraction of sp³-hybridized carbons (Fsp3) is 0.588. The molecule has 0 bridgehead atoms. The first-order valence-corrected chi connectivity index (χ1v) is 7.59. The highest BCUT2D eigenvalue weighted by Gasteiger charge is 2.28. The van der Waals surface area contributed by atoms with Crippen molar-refractivity contribution in [2.24, 2.45) is 0 Å². The highest BCUT2D eigenvalue weighted by molar-refractivity contribution is 5.87. The Morgan fingerprint density at radius 3 is 2.67 bits per heavy atom. The first-order chi connectivity index (χ1) is 9.85. The molecule has 1 aliphatic rings. The summed E-state index contributed by atoms with van der Waals surface area (Å²) < 4.78 is 2.31. The number of amides is 1. The van der Waals surface area contributed by atoms with E-state index in [1.165, 1.54) is 24.6 Å². The molecular weight excluding hydrogens is 262 g/mol. The third-order valence-electron chi connectivity index (χ3n) is 4.43. The number of hydrogen-bond acceptors (Lipinski definition) is 2. The minimum absolute atomic E-state index is 0.00604. The molecule has 4 heteroatoms. The summed E-state index contributed by atoms with van der Waals surface area (Å²) in [6.45, 7) is 9.27. The Hall–Kier alpha value is -1.55. The van der Waals surface area contributed by atoms with Crippen molar-refractivity contribution in [1.82, 2.24) is 14.4 Å². The summed E-state index contributed by atoms with van der Waals surface area (Å²) in [6.07, 6.45) is 6.04. The summed E-state index contributed by atoms with van der Waals surface area (Å²) in [4.78, 5) is 16.3. The van der Waals surface area contributed by atoms with Gasteiger partial charge < -0.3 is 14.4 Å². The Morgan fingerprint density at radius 1 is 1.48 bits per heavy atom. The number of carbonyl (C=O) groups is 1. The lowest BCUT2D eigenvalue weighted by molar-refractivity contribution is -0.128. The molecule has 1 aromatic heterocycles. The number of likely N-dealkylation sites (N-methyl/N-ethyl adjacent to an activating group) is 1. The predicted molar refractivity (Wildman–Crippen MR) is 86.1 cm³/mol. The summed E-state index contributed by atoms with van der Waals surface area (Å²) >= 11 is 0. The number of carbonyl (C=O) groups excluding carboxylic acids is 1. The molecule has 1 saturated carbocycles. The van der Waals surface area contributed by atoms with E-state index in [-0.39, 0.29) is 11.4 Å². The second kappa shape index (κ2) is 6.06. The zero-order valence-corrected chi connectivity index (χ0v) is 13.7. The van der Waals surface area contributed by atoms with Gasteiger partial charge in [0.1, 0.15) is 0 Å². The smallest absolute Gasteiger partial charge is 0.246 e. The second-order valence-corrected chi connectivity index (χ2v) is 6.74. The van der Waals surface area contributed by atoms with Crippen LogP contribution in [0, 0.1) is 0 Å². The molecule has 0 spiro atoms. The van der Waals surface area contributed by atoms with Gasteiger partial charge in [-0.1, -0.05) is 6.58 Å². The van der Waals surface area contributed by atoms with Gasteiger partial charge in [-0.3, -0.25) is 4.79 Å². The number of aromatic nitrogens is 1. The lowest BCUT2D eigenvalue weighted by atomic mass is 10.0. The molecule has 1 heterocycles. The monoisotopic (exact) mass is 289 g/mol. The van der Waals surface area contributed by atoms with E-state index in [2.05, 4.69) is 48.2 Å². The Bertz CT molecular complexity index is 512. The largest absolute Gasteiger partial charge is 0.347 e. The highest BCUT2D eigenvalue weighted by Crippen LogP contribution is 2.36. The van der Waals surface area contributed by atoms with Crippen molar-refractivity contribution >= 4 is 5.91 Å². The molecule has 21 heavy (non-hydrogen) atoms. The number of rotatable bonds is 7. The second-order valence-electron chi connectivity index (χ2n) is 6.74. The molecule has 0 aliphatic heterocycles. The topological polar surface area (TPSA) is 28.5 Å². The van der Waals surface area contributed by atoms with Crippen LogP contribution in [-0.4, -0.2) is 46.5 Å². The van der Waals surface area contributed by atoms with Crippen LogP contribution >= 0.6 is 0 Å². The van der Waals surface area contributed by atoms with Crippen molar-refractivity contribution in [1.29, 1.82) is 0 Å². The number of hydrogen-bond donors (Lipinski definition) is 0. The maximum absolute atomic E-state index is 12.2. The quantitative estimate of drug-likeness (QED) is 0.722. The van der Waals surface area contributed by atoms with E-state index in [4.69, 9.17) is 0 Å². The maximum atomic E-state index is 12.2. The van der Waals surface area contributed by atoms with Crippen LogP contribution in [0.15, 0.2) is 31.0 Å². The summed E-state index contributed by atoms with van der Waals surface area (Å²) in [7, 11) is 4.09. The van der Waals surface area contributed by atoms with E-state index in [0.29, 0.717) is 19.1 Å². The van der Waals surface area contributed by atoms with Crippen molar-refractivity contribution in [2.75, 3.05) is 20.6 Å². The maximum Gasteiger partial charge on any atom is 0.246 e. The van der Waals surface area contributed by atoms with Gasteiger partial charge in [-0.15, -0.1) is 0 Å². The normalized spacial score (nSPS) is 15.3.